The number of hydrogen-bond acceptors (Lipinski definition) is 3. The van der Waals surface area contributed by atoms with Crippen LogP contribution in [-0.4, -0.2) is 36.7 Å². The summed E-state index contributed by atoms with van der Waals surface area (Å²) >= 11 is 6.23. The molecule has 2 saturated heterocycles. The number of benzene rings is 1. The summed E-state index contributed by atoms with van der Waals surface area (Å²) in [6, 6.07) is 5.56. The predicted molar refractivity (Wildman–Crippen MR) is 85.1 cm³/mol. The fourth-order valence-corrected chi connectivity index (χ4v) is 4.40. The second-order valence-corrected chi connectivity index (χ2v) is 7.02. The van der Waals surface area contributed by atoms with Gasteiger partial charge in [-0.25, -0.2) is 0 Å². The summed E-state index contributed by atoms with van der Waals surface area (Å²) in [5.41, 5.74) is 2.49. The van der Waals surface area contributed by atoms with Crippen LogP contribution in [0.25, 0.3) is 0 Å². The summed E-state index contributed by atoms with van der Waals surface area (Å²) in [5.74, 6) is 1.07. The fourth-order valence-electron chi connectivity index (χ4n) is 4.14. The minimum absolute atomic E-state index is 0.639. The molecule has 3 nitrogen and oxygen atoms in total. The molecule has 0 radical (unpaired) electrons. The third-order valence-corrected chi connectivity index (χ3v) is 5.45. The Labute approximate surface area is 131 Å². The molecule has 3 heterocycles. The monoisotopic (exact) mass is 306 g/mol. The molecule has 1 N–H and O–H groups in total. The van der Waals surface area contributed by atoms with Crippen molar-refractivity contribution >= 4 is 11.6 Å². The summed E-state index contributed by atoms with van der Waals surface area (Å²) in [5, 5.41) is 4.58. The van der Waals surface area contributed by atoms with Crippen LogP contribution in [0.15, 0.2) is 12.1 Å². The summed E-state index contributed by atoms with van der Waals surface area (Å²) in [6.07, 6.45) is 6.31. The Morgan fingerprint density at radius 3 is 3.19 bits per heavy atom. The third-order valence-electron chi connectivity index (χ3n) is 5.23. The van der Waals surface area contributed by atoms with Crippen molar-refractivity contribution in [2.24, 2.45) is 0 Å². The zero-order chi connectivity index (χ0) is 14.2. The maximum absolute atomic E-state index is 6.23. The topological polar surface area (TPSA) is 24.5 Å². The predicted octanol–water partition coefficient (Wildman–Crippen LogP) is 2.99. The standard InChI is InChI=1S/C17H23ClN2O/c18-14-8-12-4-7-21-17(12)13(9-14)11-19-15-3-6-20-5-1-2-16(20)10-15/h8-9,15-16,19H,1-7,10-11H2. The van der Waals surface area contributed by atoms with E-state index in [1.807, 2.05) is 6.07 Å². The molecule has 0 aromatic heterocycles. The molecule has 0 spiro atoms. The first-order valence-electron chi connectivity index (χ1n) is 8.21. The van der Waals surface area contributed by atoms with Gasteiger partial charge in [0.05, 0.1) is 6.61 Å². The molecule has 4 heteroatoms. The lowest BCUT2D eigenvalue weighted by Crippen LogP contribution is -2.45. The summed E-state index contributed by atoms with van der Waals surface area (Å²) in [7, 11) is 0. The fraction of sp³-hybridized carbons (Fsp3) is 0.647. The molecule has 0 bridgehead atoms. The SMILES string of the molecule is Clc1cc2c(c(CNC3CCN4CCCC4C3)c1)OCC2. The average Bonchev–Trinajstić information content (AvgIpc) is 3.12. The lowest BCUT2D eigenvalue weighted by molar-refractivity contribution is 0.166. The second kappa shape index (κ2) is 5.79. The van der Waals surface area contributed by atoms with Crippen molar-refractivity contribution in [3.05, 3.63) is 28.3 Å². The normalized spacial score (nSPS) is 28.2. The number of halogens is 1. The molecule has 2 atom stereocenters. The van der Waals surface area contributed by atoms with Gasteiger partial charge < -0.3 is 15.0 Å². The van der Waals surface area contributed by atoms with Crippen LogP contribution in [0.5, 0.6) is 5.75 Å². The van der Waals surface area contributed by atoms with Crippen molar-refractivity contribution in [3.8, 4) is 5.75 Å². The van der Waals surface area contributed by atoms with E-state index in [2.05, 4.69) is 16.3 Å². The molecule has 21 heavy (non-hydrogen) atoms. The Morgan fingerprint density at radius 1 is 1.29 bits per heavy atom. The number of hydrogen-bond donors (Lipinski definition) is 1. The number of nitrogens with one attached hydrogen (secondary N) is 1. The molecule has 0 amide bonds. The van der Waals surface area contributed by atoms with Crippen molar-refractivity contribution in [2.45, 2.75) is 50.7 Å². The van der Waals surface area contributed by atoms with Crippen LogP contribution in [0.2, 0.25) is 5.02 Å². The highest BCUT2D eigenvalue weighted by atomic mass is 35.5. The number of ether oxygens (including phenoxy) is 1. The van der Waals surface area contributed by atoms with E-state index in [1.165, 1.54) is 49.9 Å². The molecule has 4 rings (SSSR count). The van der Waals surface area contributed by atoms with Gasteiger partial charge >= 0.3 is 0 Å². The Balaban J connectivity index is 1.41. The minimum atomic E-state index is 0.639. The van der Waals surface area contributed by atoms with E-state index in [1.54, 1.807) is 0 Å². The van der Waals surface area contributed by atoms with Crippen LogP contribution in [-0.2, 0) is 13.0 Å². The molecular formula is C17H23ClN2O. The van der Waals surface area contributed by atoms with E-state index in [0.717, 1.165) is 36.4 Å². The number of fused-ring (bicyclic) bond motifs is 2. The van der Waals surface area contributed by atoms with Gasteiger partial charge in [0.15, 0.2) is 0 Å². The smallest absolute Gasteiger partial charge is 0.127 e. The van der Waals surface area contributed by atoms with Gasteiger partial charge in [-0.2, -0.15) is 0 Å². The van der Waals surface area contributed by atoms with Gasteiger partial charge in [-0.05, 0) is 56.5 Å². The Morgan fingerprint density at radius 2 is 2.24 bits per heavy atom. The first kappa shape index (κ1) is 13.9. The zero-order valence-electron chi connectivity index (χ0n) is 12.4. The average molecular weight is 307 g/mol. The van der Waals surface area contributed by atoms with Crippen molar-refractivity contribution in [2.75, 3.05) is 19.7 Å². The van der Waals surface area contributed by atoms with Crippen LogP contribution in [0.4, 0.5) is 0 Å². The van der Waals surface area contributed by atoms with Crippen LogP contribution >= 0.6 is 11.6 Å². The highest BCUT2D eigenvalue weighted by molar-refractivity contribution is 6.30. The summed E-state index contributed by atoms with van der Waals surface area (Å²) in [4.78, 5) is 2.67. The second-order valence-electron chi connectivity index (χ2n) is 6.59. The molecule has 1 aromatic rings. The molecule has 0 aliphatic carbocycles. The lowest BCUT2D eigenvalue weighted by atomic mass is 9.97. The number of nitrogens with zero attached hydrogens (tertiary/aromatic N) is 1. The number of rotatable bonds is 3. The maximum Gasteiger partial charge on any atom is 0.127 e. The minimum Gasteiger partial charge on any atom is -0.493 e. The van der Waals surface area contributed by atoms with Gasteiger partial charge in [0.2, 0.25) is 0 Å². The van der Waals surface area contributed by atoms with Crippen LogP contribution in [0.3, 0.4) is 0 Å². The quantitative estimate of drug-likeness (QED) is 0.929. The van der Waals surface area contributed by atoms with Crippen molar-refractivity contribution in [1.29, 1.82) is 0 Å². The van der Waals surface area contributed by atoms with Crippen LogP contribution < -0.4 is 10.1 Å². The molecule has 0 saturated carbocycles. The maximum atomic E-state index is 6.23. The van der Waals surface area contributed by atoms with E-state index in [4.69, 9.17) is 16.3 Å². The number of piperidine rings is 1. The Bertz CT molecular complexity index is 534. The van der Waals surface area contributed by atoms with Gasteiger partial charge in [-0.1, -0.05) is 11.6 Å². The molecule has 2 unspecified atom stereocenters. The summed E-state index contributed by atoms with van der Waals surface area (Å²) in [6.45, 7) is 4.24. The zero-order valence-corrected chi connectivity index (χ0v) is 13.2. The lowest BCUT2D eigenvalue weighted by Gasteiger charge is -2.35. The first-order valence-corrected chi connectivity index (χ1v) is 8.59. The highest BCUT2D eigenvalue weighted by Gasteiger charge is 2.31. The van der Waals surface area contributed by atoms with Crippen molar-refractivity contribution < 1.29 is 4.74 Å². The van der Waals surface area contributed by atoms with E-state index in [0.29, 0.717) is 6.04 Å². The largest absolute Gasteiger partial charge is 0.493 e. The Kier molecular flexibility index (Phi) is 3.82. The van der Waals surface area contributed by atoms with E-state index in [9.17, 15) is 0 Å². The molecule has 3 aliphatic rings. The third kappa shape index (κ3) is 2.79. The summed E-state index contributed by atoms with van der Waals surface area (Å²) < 4.78 is 5.79. The molecule has 1 aromatic carbocycles. The molecule has 2 fully saturated rings. The van der Waals surface area contributed by atoms with Crippen molar-refractivity contribution in [3.63, 3.8) is 0 Å². The van der Waals surface area contributed by atoms with E-state index in [-0.39, 0.29) is 0 Å². The highest BCUT2D eigenvalue weighted by Crippen LogP contribution is 2.33. The molecule has 3 aliphatic heterocycles. The van der Waals surface area contributed by atoms with Gasteiger partial charge in [0, 0.05) is 35.6 Å². The van der Waals surface area contributed by atoms with Gasteiger partial charge in [0.1, 0.15) is 5.75 Å². The first-order chi connectivity index (χ1) is 10.3. The van der Waals surface area contributed by atoms with Gasteiger partial charge in [-0.3, -0.25) is 0 Å². The van der Waals surface area contributed by atoms with Gasteiger partial charge in [-0.15, -0.1) is 0 Å². The van der Waals surface area contributed by atoms with Gasteiger partial charge in [0.25, 0.3) is 0 Å². The van der Waals surface area contributed by atoms with Crippen LogP contribution in [0.1, 0.15) is 36.8 Å². The van der Waals surface area contributed by atoms with E-state index >= 15 is 0 Å². The van der Waals surface area contributed by atoms with Crippen LogP contribution in [0, 0.1) is 0 Å². The molecule has 114 valence electrons. The molecular weight excluding hydrogens is 284 g/mol. The Hall–Kier alpha value is -0.770. The van der Waals surface area contributed by atoms with E-state index < -0.39 is 0 Å². The van der Waals surface area contributed by atoms with Crippen molar-refractivity contribution in [1.82, 2.24) is 10.2 Å².